The number of aromatic nitrogens is 3. The number of fused-ring (bicyclic) bond motifs is 1. The van der Waals surface area contributed by atoms with Crippen molar-refractivity contribution in [3.63, 3.8) is 0 Å². The number of nitrogens with zero attached hydrogens (tertiary/aromatic N) is 4. The van der Waals surface area contributed by atoms with Crippen molar-refractivity contribution in [3.05, 3.63) is 65.5 Å². The van der Waals surface area contributed by atoms with Crippen LogP contribution in [-0.2, 0) is 24.2 Å². The molecule has 0 spiro atoms. The highest BCUT2D eigenvalue weighted by Gasteiger charge is 2.24. The minimum Gasteiger partial charge on any atom is -0.497 e. The molecule has 162 valence electrons. The Labute approximate surface area is 183 Å². The van der Waals surface area contributed by atoms with Crippen LogP contribution >= 0.6 is 0 Å². The Hall–Kier alpha value is -3.03. The van der Waals surface area contributed by atoms with Crippen molar-refractivity contribution < 1.29 is 9.47 Å². The van der Waals surface area contributed by atoms with E-state index in [0.29, 0.717) is 12.4 Å². The third-order valence-corrected chi connectivity index (χ3v) is 5.40. The fourth-order valence-electron chi connectivity index (χ4n) is 3.85. The molecule has 0 radical (unpaired) electrons. The number of hydrogen-bond donors (Lipinski definition) is 1. The summed E-state index contributed by atoms with van der Waals surface area (Å²) in [4.78, 5) is 16.6. The molecule has 0 aliphatic carbocycles. The van der Waals surface area contributed by atoms with E-state index < -0.39 is 0 Å². The maximum Gasteiger partial charge on any atom is 0.180 e. The van der Waals surface area contributed by atoms with Gasteiger partial charge in [0.05, 0.1) is 19.4 Å². The van der Waals surface area contributed by atoms with Crippen molar-refractivity contribution in [2.24, 2.45) is 0 Å². The molecule has 4 rings (SSSR count). The number of nitrogens with one attached hydrogen (secondary N) is 1. The molecule has 0 saturated heterocycles. The Morgan fingerprint density at radius 2 is 1.94 bits per heavy atom. The highest BCUT2D eigenvalue weighted by atomic mass is 16.5. The summed E-state index contributed by atoms with van der Waals surface area (Å²) in [5.41, 5.74) is 4.29. The van der Waals surface area contributed by atoms with Gasteiger partial charge in [-0.1, -0.05) is 18.2 Å². The molecule has 1 aliphatic rings. The lowest BCUT2D eigenvalue weighted by atomic mass is 10.0. The fourth-order valence-corrected chi connectivity index (χ4v) is 3.85. The van der Waals surface area contributed by atoms with Gasteiger partial charge in [0.25, 0.3) is 0 Å². The summed E-state index contributed by atoms with van der Waals surface area (Å²) >= 11 is 0. The second kappa shape index (κ2) is 9.85. The van der Waals surface area contributed by atoms with Crippen molar-refractivity contribution in [2.75, 3.05) is 32.7 Å². The van der Waals surface area contributed by atoms with E-state index in [9.17, 15) is 0 Å². The van der Waals surface area contributed by atoms with E-state index in [1.165, 1.54) is 5.56 Å². The van der Waals surface area contributed by atoms with Crippen LogP contribution in [0.1, 0.15) is 23.7 Å². The fraction of sp³-hybridized carbons (Fsp3) is 0.375. The van der Waals surface area contributed by atoms with E-state index in [4.69, 9.17) is 19.4 Å². The van der Waals surface area contributed by atoms with Gasteiger partial charge in [0, 0.05) is 51.0 Å². The summed E-state index contributed by atoms with van der Waals surface area (Å²) in [6.07, 6.45) is 2.65. The van der Waals surface area contributed by atoms with Crippen LogP contribution in [0.3, 0.4) is 0 Å². The lowest BCUT2D eigenvalue weighted by Gasteiger charge is -2.30. The second-order valence-corrected chi connectivity index (χ2v) is 7.85. The van der Waals surface area contributed by atoms with Crippen molar-refractivity contribution in [2.45, 2.75) is 32.5 Å². The molecule has 1 unspecified atom stereocenters. The lowest BCUT2D eigenvalue weighted by Crippen LogP contribution is -2.33. The minimum absolute atomic E-state index is 0.137. The zero-order chi connectivity index (χ0) is 21.6. The molecule has 7 nitrogen and oxygen atoms in total. The number of methoxy groups -OCH3 is 2. The number of ether oxygens (including phenoxy) is 2. The molecule has 2 aromatic heterocycles. The summed E-state index contributed by atoms with van der Waals surface area (Å²) in [6, 6.07) is 14.2. The molecule has 7 heteroatoms. The van der Waals surface area contributed by atoms with Crippen LogP contribution in [0.15, 0.2) is 48.7 Å². The summed E-state index contributed by atoms with van der Waals surface area (Å²) in [5, 5.41) is 3.53. The van der Waals surface area contributed by atoms with E-state index in [-0.39, 0.29) is 6.04 Å². The van der Waals surface area contributed by atoms with Gasteiger partial charge in [0.2, 0.25) is 0 Å². The van der Waals surface area contributed by atoms with Crippen LogP contribution in [0.25, 0.3) is 11.5 Å². The Balaban J connectivity index is 1.60. The predicted octanol–water partition coefficient (Wildman–Crippen LogP) is 3.55. The molecule has 1 aromatic carbocycles. The van der Waals surface area contributed by atoms with Gasteiger partial charge >= 0.3 is 0 Å². The van der Waals surface area contributed by atoms with Gasteiger partial charge in [-0.25, -0.2) is 9.97 Å². The first-order valence-electron chi connectivity index (χ1n) is 10.6. The quantitative estimate of drug-likeness (QED) is 0.599. The van der Waals surface area contributed by atoms with Gasteiger partial charge in [-0.3, -0.25) is 9.88 Å². The van der Waals surface area contributed by atoms with Crippen molar-refractivity contribution >= 4 is 5.82 Å². The zero-order valence-corrected chi connectivity index (χ0v) is 18.3. The molecule has 3 heterocycles. The molecular weight excluding hydrogens is 390 g/mol. The Morgan fingerprint density at radius 1 is 1.10 bits per heavy atom. The summed E-state index contributed by atoms with van der Waals surface area (Å²) in [7, 11) is 3.40. The number of pyridine rings is 1. The van der Waals surface area contributed by atoms with E-state index in [0.717, 1.165) is 54.6 Å². The molecule has 0 fully saturated rings. The maximum atomic E-state index is 5.31. The average molecular weight is 420 g/mol. The highest BCUT2D eigenvalue weighted by molar-refractivity contribution is 5.57. The van der Waals surface area contributed by atoms with Crippen LogP contribution in [-0.4, -0.2) is 53.3 Å². The molecule has 1 N–H and O–H groups in total. The largest absolute Gasteiger partial charge is 0.497 e. The Morgan fingerprint density at radius 3 is 2.65 bits per heavy atom. The molecule has 1 aliphatic heterocycles. The first-order valence-corrected chi connectivity index (χ1v) is 10.6. The summed E-state index contributed by atoms with van der Waals surface area (Å²) in [6.45, 7) is 5.32. The van der Waals surface area contributed by atoms with Gasteiger partial charge in [0.1, 0.15) is 17.3 Å². The molecule has 0 amide bonds. The second-order valence-electron chi connectivity index (χ2n) is 7.85. The van der Waals surface area contributed by atoms with Crippen LogP contribution in [0.4, 0.5) is 5.82 Å². The molecule has 0 bridgehead atoms. The molecule has 3 aromatic rings. The number of hydrogen-bond acceptors (Lipinski definition) is 7. The van der Waals surface area contributed by atoms with Gasteiger partial charge < -0.3 is 14.8 Å². The van der Waals surface area contributed by atoms with Gasteiger partial charge in [-0.15, -0.1) is 0 Å². The van der Waals surface area contributed by atoms with Gasteiger partial charge in [-0.05, 0) is 36.8 Å². The highest BCUT2D eigenvalue weighted by Crippen LogP contribution is 2.28. The third-order valence-electron chi connectivity index (χ3n) is 5.40. The molecule has 1 atom stereocenters. The van der Waals surface area contributed by atoms with Crippen molar-refractivity contribution in [1.82, 2.24) is 19.9 Å². The smallest absolute Gasteiger partial charge is 0.180 e. The Bertz CT molecular complexity index is 995. The molecule has 31 heavy (non-hydrogen) atoms. The Kier molecular flexibility index (Phi) is 6.74. The zero-order valence-electron chi connectivity index (χ0n) is 18.3. The lowest BCUT2D eigenvalue weighted by molar-refractivity contribution is 0.190. The summed E-state index contributed by atoms with van der Waals surface area (Å²) < 4.78 is 10.6. The normalized spacial score (nSPS) is 14.7. The van der Waals surface area contributed by atoms with Crippen molar-refractivity contribution in [1.29, 1.82) is 0 Å². The summed E-state index contributed by atoms with van der Waals surface area (Å²) in [5.74, 6) is 2.41. The maximum absolute atomic E-state index is 5.31. The van der Waals surface area contributed by atoms with Crippen LogP contribution in [0.5, 0.6) is 5.75 Å². The van der Waals surface area contributed by atoms with Gasteiger partial charge in [-0.2, -0.15) is 0 Å². The predicted molar refractivity (Wildman–Crippen MR) is 121 cm³/mol. The topological polar surface area (TPSA) is 72.4 Å². The number of rotatable bonds is 8. The third kappa shape index (κ3) is 5.18. The van der Waals surface area contributed by atoms with Crippen LogP contribution in [0.2, 0.25) is 0 Å². The van der Waals surface area contributed by atoms with E-state index in [1.807, 2.05) is 30.3 Å². The van der Waals surface area contributed by atoms with E-state index in [1.54, 1.807) is 20.4 Å². The van der Waals surface area contributed by atoms with Gasteiger partial charge in [0.15, 0.2) is 5.82 Å². The number of anilines is 1. The minimum atomic E-state index is 0.137. The first kappa shape index (κ1) is 21.2. The first-order chi connectivity index (χ1) is 15.2. The van der Waals surface area contributed by atoms with Crippen LogP contribution in [0, 0.1) is 0 Å². The number of benzene rings is 1. The van der Waals surface area contributed by atoms with Crippen molar-refractivity contribution in [3.8, 4) is 17.3 Å². The monoisotopic (exact) mass is 419 g/mol. The molecular formula is C24H29N5O2. The SMILES string of the molecule is COCC(C)Nc1nc(-c2ccccn2)nc2c1CN(Cc1ccc(OC)cc1)CC2. The van der Waals surface area contributed by atoms with E-state index in [2.05, 4.69) is 34.3 Å². The van der Waals surface area contributed by atoms with E-state index >= 15 is 0 Å². The molecule has 0 saturated carbocycles. The van der Waals surface area contributed by atoms with Crippen LogP contribution < -0.4 is 10.1 Å². The average Bonchev–Trinajstić information content (AvgIpc) is 2.80. The standard InChI is InChI=1S/C24H29N5O2/c1-17(16-30-2)26-23-20-15-29(14-18-7-9-19(31-3)10-8-18)13-11-21(20)27-24(28-23)22-6-4-5-12-25-22/h4-10,12,17H,11,13-16H2,1-3H3,(H,26,27,28).